The number of hydrogen-bond donors (Lipinski definition) is 1. The zero-order chi connectivity index (χ0) is 16.7. The Morgan fingerprint density at radius 1 is 1.30 bits per heavy atom. The van der Waals surface area contributed by atoms with E-state index in [1.165, 1.54) is 30.4 Å². The van der Waals surface area contributed by atoms with Crippen LogP contribution in [-0.2, 0) is 0 Å². The summed E-state index contributed by atoms with van der Waals surface area (Å²) in [6.45, 7) is 3.28. The van der Waals surface area contributed by atoms with Crippen molar-refractivity contribution in [1.29, 1.82) is 0 Å². The number of carbonyl (C=O) groups is 1. The number of pyridine rings is 1. The SMILES string of the molecule is CC(=O)c1cc2c(N)c(-c3ccc([N+](=O)[O-])cc3)sc2nc1C. The van der Waals surface area contributed by atoms with E-state index in [-0.39, 0.29) is 11.5 Å². The van der Waals surface area contributed by atoms with Crippen LogP contribution >= 0.6 is 11.3 Å². The van der Waals surface area contributed by atoms with Crippen molar-refractivity contribution in [3.63, 3.8) is 0 Å². The van der Waals surface area contributed by atoms with Crippen LogP contribution < -0.4 is 5.73 Å². The van der Waals surface area contributed by atoms with Gasteiger partial charge >= 0.3 is 0 Å². The fourth-order valence-corrected chi connectivity index (χ4v) is 3.56. The number of aryl methyl sites for hydroxylation is 1. The van der Waals surface area contributed by atoms with Crippen molar-refractivity contribution >= 4 is 38.7 Å². The number of hydrogen-bond acceptors (Lipinski definition) is 6. The second kappa shape index (κ2) is 5.44. The fraction of sp³-hybridized carbons (Fsp3) is 0.125. The summed E-state index contributed by atoms with van der Waals surface area (Å²) < 4.78 is 0. The van der Waals surface area contributed by atoms with Gasteiger partial charge in [0.2, 0.25) is 0 Å². The van der Waals surface area contributed by atoms with Gasteiger partial charge in [-0.1, -0.05) is 0 Å². The van der Waals surface area contributed by atoms with Crippen molar-refractivity contribution in [1.82, 2.24) is 4.98 Å². The molecular weight excluding hydrogens is 314 g/mol. The molecule has 6 nitrogen and oxygen atoms in total. The van der Waals surface area contributed by atoms with E-state index in [1.54, 1.807) is 25.1 Å². The lowest BCUT2D eigenvalue weighted by Gasteiger charge is -2.02. The fourth-order valence-electron chi connectivity index (χ4n) is 2.43. The van der Waals surface area contributed by atoms with E-state index in [2.05, 4.69) is 4.98 Å². The van der Waals surface area contributed by atoms with Gasteiger partial charge in [-0.3, -0.25) is 14.9 Å². The van der Waals surface area contributed by atoms with Gasteiger partial charge in [-0.15, -0.1) is 11.3 Å². The number of carbonyl (C=O) groups excluding carboxylic acids is 1. The van der Waals surface area contributed by atoms with Crippen molar-refractivity contribution in [2.24, 2.45) is 0 Å². The molecule has 3 rings (SSSR count). The number of anilines is 1. The molecule has 7 heteroatoms. The Bertz CT molecular complexity index is 945. The van der Waals surface area contributed by atoms with Crippen LogP contribution in [0, 0.1) is 17.0 Å². The summed E-state index contributed by atoms with van der Waals surface area (Å²) in [5, 5.41) is 11.5. The smallest absolute Gasteiger partial charge is 0.269 e. The molecule has 116 valence electrons. The number of nitrogens with zero attached hydrogens (tertiary/aromatic N) is 2. The van der Waals surface area contributed by atoms with Gasteiger partial charge in [0.05, 0.1) is 15.5 Å². The molecule has 0 amide bonds. The molecule has 23 heavy (non-hydrogen) atoms. The standard InChI is InChI=1S/C16H13N3O3S/c1-8-12(9(2)20)7-13-14(17)15(23-16(13)18-8)10-3-5-11(6-4-10)19(21)22/h3-7H,17H2,1-2H3. The molecule has 0 saturated carbocycles. The maximum atomic E-state index is 11.7. The Morgan fingerprint density at radius 3 is 2.52 bits per heavy atom. The molecule has 0 bridgehead atoms. The molecule has 0 fully saturated rings. The number of non-ortho nitro benzene ring substituents is 1. The van der Waals surface area contributed by atoms with Gasteiger partial charge in [0.15, 0.2) is 5.78 Å². The van der Waals surface area contributed by atoms with Crippen LogP contribution in [0.5, 0.6) is 0 Å². The second-order valence-corrected chi connectivity index (χ2v) is 6.18. The van der Waals surface area contributed by atoms with Crippen molar-refractivity contribution in [3.8, 4) is 10.4 Å². The van der Waals surface area contributed by atoms with Gasteiger partial charge in [0.25, 0.3) is 5.69 Å². The van der Waals surface area contributed by atoms with E-state index in [0.717, 1.165) is 20.7 Å². The van der Waals surface area contributed by atoms with Gasteiger partial charge in [-0.05, 0) is 37.6 Å². The van der Waals surface area contributed by atoms with E-state index in [1.807, 2.05) is 0 Å². The molecule has 0 spiro atoms. The predicted molar refractivity (Wildman–Crippen MR) is 90.9 cm³/mol. The Morgan fingerprint density at radius 2 is 1.96 bits per heavy atom. The van der Waals surface area contributed by atoms with Crippen LogP contribution in [0.1, 0.15) is 23.0 Å². The van der Waals surface area contributed by atoms with E-state index in [9.17, 15) is 14.9 Å². The zero-order valence-corrected chi connectivity index (χ0v) is 13.3. The monoisotopic (exact) mass is 327 g/mol. The number of fused-ring (bicyclic) bond motifs is 1. The van der Waals surface area contributed by atoms with Crippen LogP contribution in [0.25, 0.3) is 20.7 Å². The normalized spacial score (nSPS) is 10.9. The number of nitrogen functional groups attached to an aromatic ring is 1. The van der Waals surface area contributed by atoms with Crippen LogP contribution in [0.2, 0.25) is 0 Å². The Hall–Kier alpha value is -2.80. The molecule has 0 saturated heterocycles. The molecule has 1 aromatic carbocycles. The number of nitro benzene ring substituents is 1. The molecule has 0 radical (unpaired) electrons. The lowest BCUT2D eigenvalue weighted by Crippen LogP contribution is -1.98. The lowest BCUT2D eigenvalue weighted by atomic mass is 10.1. The topological polar surface area (TPSA) is 99.1 Å². The van der Waals surface area contributed by atoms with E-state index in [4.69, 9.17) is 5.73 Å². The first-order chi connectivity index (χ1) is 10.9. The zero-order valence-electron chi connectivity index (χ0n) is 12.5. The maximum absolute atomic E-state index is 11.7. The maximum Gasteiger partial charge on any atom is 0.269 e. The molecule has 0 atom stereocenters. The molecule has 3 aromatic rings. The van der Waals surface area contributed by atoms with E-state index in [0.29, 0.717) is 16.9 Å². The van der Waals surface area contributed by atoms with Crippen LogP contribution in [0.15, 0.2) is 30.3 Å². The third-order valence-electron chi connectivity index (χ3n) is 3.63. The van der Waals surface area contributed by atoms with Gasteiger partial charge in [0.1, 0.15) is 4.83 Å². The highest BCUT2D eigenvalue weighted by molar-refractivity contribution is 7.22. The van der Waals surface area contributed by atoms with E-state index >= 15 is 0 Å². The van der Waals surface area contributed by atoms with Crippen LogP contribution in [-0.4, -0.2) is 15.7 Å². The third-order valence-corrected chi connectivity index (χ3v) is 4.80. The van der Waals surface area contributed by atoms with Gasteiger partial charge in [-0.25, -0.2) is 4.98 Å². The van der Waals surface area contributed by atoms with Crippen molar-refractivity contribution in [3.05, 3.63) is 51.7 Å². The lowest BCUT2D eigenvalue weighted by molar-refractivity contribution is -0.384. The minimum Gasteiger partial charge on any atom is -0.397 e. The number of nitrogens with two attached hydrogens (primary N) is 1. The first kappa shape index (κ1) is 15.1. The summed E-state index contributed by atoms with van der Waals surface area (Å²) in [5.41, 5.74) is 8.79. The molecule has 0 unspecified atom stereocenters. The number of nitro groups is 1. The highest BCUT2D eigenvalue weighted by Gasteiger charge is 2.16. The molecule has 0 aliphatic rings. The summed E-state index contributed by atoms with van der Waals surface area (Å²) in [5.74, 6) is -0.0561. The van der Waals surface area contributed by atoms with Gasteiger partial charge in [-0.2, -0.15) is 0 Å². The number of Topliss-reactive ketones (excluding diaryl/α,β-unsaturated/α-hetero) is 1. The van der Waals surface area contributed by atoms with Crippen LogP contribution in [0.3, 0.4) is 0 Å². The van der Waals surface area contributed by atoms with Crippen molar-refractivity contribution in [2.75, 3.05) is 5.73 Å². The number of thiophene rings is 1. The molecule has 0 aliphatic carbocycles. The van der Waals surface area contributed by atoms with Gasteiger partial charge < -0.3 is 5.73 Å². The minimum atomic E-state index is -0.442. The first-order valence-electron chi connectivity index (χ1n) is 6.84. The Balaban J connectivity index is 2.17. The van der Waals surface area contributed by atoms with Gasteiger partial charge in [0, 0.05) is 28.8 Å². The number of rotatable bonds is 3. The Labute approximate surface area is 135 Å². The summed E-state index contributed by atoms with van der Waals surface area (Å²) in [4.78, 5) is 28.0. The third kappa shape index (κ3) is 2.55. The average Bonchev–Trinajstić information content (AvgIpc) is 2.82. The summed E-state index contributed by atoms with van der Waals surface area (Å²) in [6.07, 6.45) is 0. The summed E-state index contributed by atoms with van der Waals surface area (Å²) in [7, 11) is 0. The van der Waals surface area contributed by atoms with Crippen LogP contribution in [0.4, 0.5) is 11.4 Å². The Kier molecular flexibility index (Phi) is 3.57. The number of aromatic nitrogens is 1. The summed E-state index contributed by atoms with van der Waals surface area (Å²) in [6, 6.07) is 7.98. The van der Waals surface area contributed by atoms with Crippen molar-refractivity contribution < 1.29 is 9.72 Å². The second-order valence-electron chi connectivity index (χ2n) is 5.18. The average molecular weight is 327 g/mol. The molecule has 2 N–H and O–H groups in total. The predicted octanol–water partition coefficient (Wildman–Crippen LogP) is 3.96. The largest absolute Gasteiger partial charge is 0.397 e. The minimum absolute atomic E-state index is 0.0290. The van der Waals surface area contributed by atoms with E-state index < -0.39 is 4.92 Å². The highest BCUT2D eigenvalue weighted by Crippen LogP contribution is 2.41. The van der Waals surface area contributed by atoms with Crippen molar-refractivity contribution in [2.45, 2.75) is 13.8 Å². The summed E-state index contributed by atoms with van der Waals surface area (Å²) >= 11 is 1.41. The molecular formula is C16H13N3O3S. The number of ketones is 1. The molecule has 2 aromatic heterocycles. The number of benzene rings is 1. The first-order valence-corrected chi connectivity index (χ1v) is 7.65. The highest BCUT2D eigenvalue weighted by atomic mass is 32.1. The molecule has 0 aliphatic heterocycles. The quantitative estimate of drug-likeness (QED) is 0.446. The molecule has 2 heterocycles.